The van der Waals surface area contributed by atoms with E-state index in [4.69, 9.17) is 0 Å². The molecule has 1 atom stereocenters. The van der Waals surface area contributed by atoms with E-state index in [1.54, 1.807) is 0 Å². The molecule has 72 heavy (non-hydrogen) atoms. The third-order valence-corrected chi connectivity index (χ3v) is 15.1. The molecule has 11 aromatic rings. The van der Waals surface area contributed by atoms with Gasteiger partial charge in [0.05, 0.1) is 11.0 Å². The van der Waals surface area contributed by atoms with Gasteiger partial charge in [-0.05, 0) is 159 Å². The van der Waals surface area contributed by atoms with E-state index in [0.29, 0.717) is 0 Å². The van der Waals surface area contributed by atoms with E-state index in [1.807, 2.05) is 12.2 Å². The molecule has 346 valence electrons. The van der Waals surface area contributed by atoms with Crippen molar-refractivity contribution < 1.29 is 0 Å². The fourth-order valence-corrected chi connectivity index (χ4v) is 11.5. The standard InChI is InChI=1S/C70H56N2/c1-3-50-28-30-52(31-29-50)19-9-8-18-46-70(57-20-10-5-11-21-57)66-27-17-16-26-62(66)63-43-42-61(49-67(63)70)71(58-22-12-6-13-23-58)60-40-36-54(37-41-60)56-39-45-69-65(48-56)64-47-55(53-34-32-51(4-2)33-35-53)38-44-68(64)72(69)59-24-14-7-15-25-59/h3-7,10-17,20-45,47-49H,1-2,8-9,18-19,46H2. The highest BCUT2D eigenvalue weighted by molar-refractivity contribution is 6.11. The zero-order chi connectivity index (χ0) is 48.4. The molecule has 0 radical (unpaired) electrons. The molecular weight excluding hydrogens is 869 g/mol. The summed E-state index contributed by atoms with van der Waals surface area (Å²) in [5.41, 5.74) is 21.8. The van der Waals surface area contributed by atoms with Crippen molar-refractivity contribution in [3.05, 3.63) is 289 Å². The first-order valence-electron chi connectivity index (χ1n) is 25.4. The lowest BCUT2D eigenvalue weighted by atomic mass is 9.69. The molecule has 1 heterocycles. The third-order valence-electron chi connectivity index (χ3n) is 15.1. The van der Waals surface area contributed by atoms with Crippen LogP contribution in [0, 0.1) is 0 Å². The van der Waals surface area contributed by atoms with Crippen molar-refractivity contribution in [1.29, 1.82) is 0 Å². The number of unbranched alkanes of at least 4 members (excludes halogenated alkanes) is 2. The maximum atomic E-state index is 3.96. The van der Waals surface area contributed by atoms with Gasteiger partial charge >= 0.3 is 0 Å². The smallest absolute Gasteiger partial charge is 0.0541 e. The maximum absolute atomic E-state index is 3.96. The minimum absolute atomic E-state index is 0.291. The van der Waals surface area contributed by atoms with Gasteiger partial charge in [-0.25, -0.2) is 0 Å². The predicted octanol–water partition coefficient (Wildman–Crippen LogP) is 19.0. The Morgan fingerprint density at radius 1 is 0.403 bits per heavy atom. The van der Waals surface area contributed by atoms with E-state index in [0.717, 1.165) is 60.4 Å². The minimum atomic E-state index is -0.291. The van der Waals surface area contributed by atoms with E-state index in [-0.39, 0.29) is 5.41 Å². The summed E-state index contributed by atoms with van der Waals surface area (Å²) in [7, 11) is 0. The molecule has 0 N–H and O–H groups in total. The van der Waals surface area contributed by atoms with Gasteiger partial charge < -0.3 is 9.47 Å². The van der Waals surface area contributed by atoms with Gasteiger partial charge in [0.25, 0.3) is 0 Å². The summed E-state index contributed by atoms with van der Waals surface area (Å²) in [6, 6.07) is 89.7. The van der Waals surface area contributed by atoms with Gasteiger partial charge in [0.15, 0.2) is 0 Å². The summed E-state index contributed by atoms with van der Waals surface area (Å²) in [5, 5.41) is 2.46. The molecule has 1 unspecified atom stereocenters. The molecule has 0 saturated heterocycles. The highest BCUT2D eigenvalue weighted by atomic mass is 15.1. The van der Waals surface area contributed by atoms with E-state index < -0.39 is 0 Å². The highest BCUT2D eigenvalue weighted by Gasteiger charge is 2.44. The molecule has 0 bridgehead atoms. The SMILES string of the molecule is C=Cc1ccc(CCCCCC2(c3ccccc3)c3ccccc3-c3ccc(N(c4ccccc4)c4ccc(-c5ccc6c(c5)c5cc(-c7ccc(C=C)cc7)ccc5n6-c5ccccc5)cc4)cc32)cc1. The summed E-state index contributed by atoms with van der Waals surface area (Å²) in [6.07, 6.45) is 9.35. The van der Waals surface area contributed by atoms with E-state index in [9.17, 15) is 0 Å². The third kappa shape index (κ3) is 8.05. The Morgan fingerprint density at radius 2 is 0.917 bits per heavy atom. The molecule has 2 nitrogen and oxygen atoms in total. The first kappa shape index (κ1) is 44.5. The predicted molar refractivity (Wildman–Crippen MR) is 307 cm³/mol. The molecule has 10 aromatic carbocycles. The Kier molecular flexibility index (Phi) is 11.9. The van der Waals surface area contributed by atoms with Crippen LogP contribution in [0.3, 0.4) is 0 Å². The van der Waals surface area contributed by atoms with Gasteiger partial charge in [0.2, 0.25) is 0 Å². The summed E-state index contributed by atoms with van der Waals surface area (Å²) in [5.74, 6) is 0. The van der Waals surface area contributed by atoms with E-state index in [2.05, 4.69) is 265 Å². The van der Waals surface area contributed by atoms with E-state index >= 15 is 0 Å². The molecule has 0 spiro atoms. The number of aryl methyl sites for hydroxylation is 1. The number of aromatic nitrogens is 1. The van der Waals surface area contributed by atoms with Crippen molar-refractivity contribution in [2.24, 2.45) is 0 Å². The van der Waals surface area contributed by atoms with Crippen LogP contribution in [0.5, 0.6) is 0 Å². The van der Waals surface area contributed by atoms with Crippen LogP contribution in [0.4, 0.5) is 17.1 Å². The lowest BCUT2D eigenvalue weighted by molar-refractivity contribution is 0.518. The topological polar surface area (TPSA) is 8.17 Å². The van der Waals surface area contributed by atoms with Crippen LogP contribution >= 0.6 is 0 Å². The number of benzene rings is 10. The van der Waals surface area contributed by atoms with Crippen molar-refractivity contribution in [2.75, 3.05) is 4.90 Å². The van der Waals surface area contributed by atoms with Crippen LogP contribution in [-0.2, 0) is 11.8 Å². The number of anilines is 3. The van der Waals surface area contributed by atoms with Crippen LogP contribution in [0.25, 0.3) is 73.0 Å². The zero-order valence-electron chi connectivity index (χ0n) is 40.6. The number of rotatable bonds is 15. The second kappa shape index (κ2) is 19.2. The lowest BCUT2D eigenvalue weighted by Gasteiger charge is -2.34. The number of nitrogens with zero attached hydrogens (tertiary/aromatic N) is 2. The molecule has 2 heteroatoms. The molecule has 1 aromatic heterocycles. The average molecular weight is 925 g/mol. The Morgan fingerprint density at radius 3 is 1.56 bits per heavy atom. The van der Waals surface area contributed by atoms with Gasteiger partial charge in [-0.3, -0.25) is 0 Å². The van der Waals surface area contributed by atoms with Crippen molar-refractivity contribution in [3.8, 4) is 39.1 Å². The van der Waals surface area contributed by atoms with Crippen molar-refractivity contribution in [2.45, 2.75) is 37.5 Å². The second-order valence-electron chi connectivity index (χ2n) is 19.2. The van der Waals surface area contributed by atoms with Gasteiger partial charge in [-0.2, -0.15) is 0 Å². The number of hydrogen-bond acceptors (Lipinski definition) is 1. The second-order valence-corrected chi connectivity index (χ2v) is 19.2. The molecule has 0 aliphatic heterocycles. The molecule has 0 amide bonds. The summed E-state index contributed by atoms with van der Waals surface area (Å²) in [4.78, 5) is 2.43. The Hall–Kier alpha value is -8.72. The van der Waals surface area contributed by atoms with Crippen LogP contribution in [0.1, 0.15) is 59.1 Å². The summed E-state index contributed by atoms with van der Waals surface area (Å²) < 4.78 is 2.40. The van der Waals surface area contributed by atoms with E-state index in [1.165, 1.54) is 83.0 Å². The van der Waals surface area contributed by atoms with Gasteiger partial charge in [0.1, 0.15) is 0 Å². The number of para-hydroxylation sites is 2. The molecule has 1 aliphatic carbocycles. The fraction of sp³-hybridized carbons (Fsp3) is 0.0857. The zero-order valence-corrected chi connectivity index (χ0v) is 40.6. The number of fused-ring (bicyclic) bond motifs is 6. The Labute approximate surface area is 424 Å². The Balaban J connectivity index is 0.918. The van der Waals surface area contributed by atoms with Crippen molar-refractivity contribution >= 4 is 51.0 Å². The van der Waals surface area contributed by atoms with Crippen LogP contribution in [0.2, 0.25) is 0 Å². The first-order chi connectivity index (χ1) is 35.6. The first-order valence-corrected chi connectivity index (χ1v) is 25.4. The molecule has 0 fully saturated rings. The van der Waals surface area contributed by atoms with Crippen LogP contribution in [-0.4, -0.2) is 4.57 Å². The fourth-order valence-electron chi connectivity index (χ4n) is 11.5. The van der Waals surface area contributed by atoms with Crippen LogP contribution in [0.15, 0.2) is 256 Å². The molecule has 1 aliphatic rings. The largest absolute Gasteiger partial charge is 0.310 e. The monoisotopic (exact) mass is 924 g/mol. The maximum Gasteiger partial charge on any atom is 0.0541 e. The lowest BCUT2D eigenvalue weighted by Crippen LogP contribution is -2.27. The summed E-state index contributed by atoms with van der Waals surface area (Å²) in [6.45, 7) is 7.90. The molecular formula is C70H56N2. The highest BCUT2D eigenvalue weighted by Crippen LogP contribution is 2.56. The average Bonchev–Trinajstić information content (AvgIpc) is 3.93. The molecule has 12 rings (SSSR count). The summed E-state index contributed by atoms with van der Waals surface area (Å²) >= 11 is 0. The van der Waals surface area contributed by atoms with Crippen molar-refractivity contribution in [3.63, 3.8) is 0 Å². The quantitative estimate of drug-likeness (QED) is 0.0930. The number of hydrogen-bond donors (Lipinski definition) is 0. The van der Waals surface area contributed by atoms with Crippen LogP contribution < -0.4 is 4.90 Å². The van der Waals surface area contributed by atoms with Crippen molar-refractivity contribution in [1.82, 2.24) is 4.57 Å². The molecule has 0 saturated carbocycles. The minimum Gasteiger partial charge on any atom is -0.310 e. The van der Waals surface area contributed by atoms with Gasteiger partial charge in [0, 0.05) is 38.9 Å². The van der Waals surface area contributed by atoms with Gasteiger partial charge in [-0.1, -0.05) is 208 Å². The van der Waals surface area contributed by atoms with Gasteiger partial charge in [-0.15, -0.1) is 0 Å². The normalized spacial score (nSPS) is 13.7. The Bertz CT molecular complexity index is 3720.